The first-order valence-corrected chi connectivity index (χ1v) is 11.3. The molecule has 178 valence electrons. The third-order valence-corrected chi connectivity index (χ3v) is 6.14. The van der Waals surface area contributed by atoms with Crippen molar-refractivity contribution in [3.8, 4) is 10.6 Å². The summed E-state index contributed by atoms with van der Waals surface area (Å²) < 4.78 is 41.7. The average Bonchev–Trinajstić information content (AvgIpc) is 3.41. The predicted molar refractivity (Wildman–Crippen MR) is 125 cm³/mol. The number of benzene rings is 1. The molecule has 0 spiro atoms. The molecule has 1 aromatic carbocycles. The molecule has 4 aromatic rings. The summed E-state index contributed by atoms with van der Waals surface area (Å²) in [6.45, 7) is 5.12. The van der Waals surface area contributed by atoms with Crippen LogP contribution in [0.25, 0.3) is 21.5 Å². The van der Waals surface area contributed by atoms with Gasteiger partial charge in [-0.05, 0) is 50.4 Å². The Labute approximate surface area is 200 Å². The van der Waals surface area contributed by atoms with E-state index in [1.807, 2.05) is 38.3 Å². The van der Waals surface area contributed by atoms with Crippen molar-refractivity contribution in [3.05, 3.63) is 62.8 Å². The van der Waals surface area contributed by atoms with Crippen molar-refractivity contribution in [1.82, 2.24) is 19.6 Å². The van der Waals surface area contributed by atoms with Crippen molar-refractivity contribution in [2.75, 3.05) is 5.32 Å². The van der Waals surface area contributed by atoms with Crippen molar-refractivity contribution in [3.63, 3.8) is 0 Å². The second-order valence-corrected chi connectivity index (χ2v) is 9.87. The zero-order valence-electron chi connectivity index (χ0n) is 18.3. The van der Waals surface area contributed by atoms with Crippen LogP contribution in [0.2, 0.25) is 5.02 Å². The van der Waals surface area contributed by atoms with E-state index in [0.717, 1.165) is 27.8 Å². The molecule has 4 rings (SSSR count). The molecule has 0 radical (unpaired) electrons. The normalized spacial score (nSPS) is 12.3. The molecule has 3 heterocycles. The number of carbonyl (C=O) groups is 1. The highest BCUT2D eigenvalue weighted by Crippen LogP contribution is 2.34. The molecular formula is C22H19ClF3N5O2S. The van der Waals surface area contributed by atoms with E-state index in [2.05, 4.69) is 15.5 Å². The van der Waals surface area contributed by atoms with Gasteiger partial charge in [0.2, 0.25) is 5.91 Å². The number of thiophene rings is 1. The minimum absolute atomic E-state index is 0.0674. The summed E-state index contributed by atoms with van der Waals surface area (Å²) in [5, 5.41) is 13.4. The van der Waals surface area contributed by atoms with Crippen molar-refractivity contribution >= 4 is 45.4 Å². The van der Waals surface area contributed by atoms with Crippen LogP contribution >= 0.6 is 22.9 Å². The lowest BCUT2D eigenvalue weighted by atomic mass is 10.1. The van der Waals surface area contributed by atoms with E-state index in [4.69, 9.17) is 11.6 Å². The third-order valence-electron chi connectivity index (χ3n) is 4.93. The summed E-state index contributed by atoms with van der Waals surface area (Å²) >= 11 is 7.39. The minimum atomic E-state index is -4.60. The molecular weight excluding hydrogens is 491 g/mol. The Morgan fingerprint density at radius 3 is 2.56 bits per heavy atom. The van der Waals surface area contributed by atoms with Crippen molar-refractivity contribution < 1.29 is 18.0 Å². The number of nitrogens with zero attached hydrogens (tertiary/aromatic N) is 4. The van der Waals surface area contributed by atoms with E-state index < -0.39 is 35.3 Å². The first-order valence-electron chi connectivity index (χ1n) is 10.1. The summed E-state index contributed by atoms with van der Waals surface area (Å²) in [6.07, 6.45) is -3.04. The fourth-order valence-corrected chi connectivity index (χ4v) is 4.29. The number of anilines is 1. The van der Waals surface area contributed by atoms with Gasteiger partial charge < -0.3 is 5.32 Å². The van der Waals surface area contributed by atoms with Gasteiger partial charge in [-0.15, -0.1) is 11.3 Å². The highest BCUT2D eigenvalue weighted by atomic mass is 35.5. The summed E-state index contributed by atoms with van der Waals surface area (Å²) in [6, 6.07) is 6.27. The number of rotatable bonds is 4. The number of halogens is 4. The quantitative estimate of drug-likeness (QED) is 0.400. The Bertz CT molecular complexity index is 1440. The molecule has 0 aliphatic carbocycles. The van der Waals surface area contributed by atoms with Gasteiger partial charge in [-0.25, -0.2) is 4.68 Å². The highest BCUT2D eigenvalue weighted by Gasteiger charge is 2.31. The second-order valence-electron chi connectivity index (χ2n) is 8.52. The average molecular weight is 510 g/mol. The number of carbonyl (C=O) groups excluding carboxylic acids is 1. The number of alkyl halides is 3. The molecule has 3 aromatic heterocycles. The number of fused-ring (bicyclic) bond motifs is 1. The minimum Gasteiger partial charge on any atom is -0.323 e. The fraction of sp³-hybridized carbons (Fsp3) is 0.273. The van der Waals surface area contributed by atoms with Crippen molar-refractivity contribution in [2.45, 2.75) is 39.0 Å². The van der Waals surface area contributed by atoms with Crippen LogP contribution in [0.15, 0.2) is 46.7 Å². The van der Waals surface area contributed by atoms with E-state index in [9.17, 15) is 22.8 Å². The Morgan fingerprint density at radius 2 is 1.94 bits per heavy atom. The lowest BCUT2D eigenvalue weighted by Gasteiger charge is -2.20. The molecule has 0 aliphatic rings. The number of amides is 1. The maximum absolute atomic E-state index is 13.3. The van der Waals surface area contributed by atoms with Gasteiger partial charge in [0.15, 0.2) is 0 Å². The maximum Gasteiger partial charge on any atom is 0.416 e. The number of hydrogen-bond acceptors (Lipinski definition) is 5. The maximum atomic E-state index is 13.3. The standard InChI is InChI=1S/C22H19ClF3N5O2S/c1-21(2,3)31-19-13(10-27-31)18(16-5-4-8-34-16)29-30(20(19)33)11-17(32)28-15-9-12(22(24,25)26)6-7-14(15)23/h4-10H,11H2,1-3H3,(H,28,32). The number of nitrogens with one attached hydrogen (secondary N) is 1. The van der Waals surface area contributed by atoms with Crippen LogP contribution in [0.5, 0.6) is 0 Å². The molecule has 0 saturated carbocycles. The van der Waals surface area contributed by atoms with Crippen LogP contribution in [0.4, 0.5) is 18.9 Å². The Hall–Kier alpha value is -3.18. The van der Waals surface area contributed by atoms with Gasteiger partial charge in [0, 0.05) is 0 Å². The van der Waals surface area contributed by atoms with Gasteiger partial charge >= 0.3 is 6.18 Å². The van der Waals surface area contributed by atoms with Crippen LogP contribution in [-0.2, 0) is 23.1 Å². The lowest BCUT2D eigenvalue weighted by molar-refractivity contribution is -0.137. The molecule has 1 N–H and O–H groups in total. The molecule has 0 saturated heterocycles. The first-order chi connectivity index (χ1) is 15.9. The van der Waals surface area contributed by atoms with Gasteiger partial charge in [0.25, 0.3) is 5.56 Å². The Balaban J connectivity index is 1.76. The van der Waals surface area contributed by atoms with Gasteiger partial charge in [0.05, 0.1) is 38.3 Å². The lowest BCUT2D eigenvalue weighted by Crippen LogP contribution is -2.33. The summed E-state index contributed by atoms with van der Waals surface area (Å²) in [7, 11) is 0. The topological polar surface area (TPSA) is 81.8 Å². The predicted octanol–water partition coefficient (Wildman–Crippen LogP) is 5.39. The van der Waals surface area contributed by atoms with Crippen LogP contribution in [0.1, 0.15) is 26.3 Å². The second kappa shape index (κ2) is 8.55. The highest BCUT2D eigenvalue weighted by molar-refractivity contribution is 7.13. The van der Waals surface area contributed by atoms with Crippen LogP contribution in [0, 0.1) is 0 Å². The fourth-order valence-electron chi connectivity index (χ4n) is 3.40. The summed E-state index contributed by atoms with van der Waals surface area (Å²) in [5.41, 5.74) is -1.50. The van der Waals surface area contributed by atoms with E-state index in [1.54, 1.807) is 10.9 Å². The van der Waals surface area contributed by atoms with Gasteiger partial charge in [0.1, 0.15) is 17.8 Å². The molecule has 7 nitrogen and oxygen atoms in total. The number of hydrogen-bond donors (Lipinski definition) is 1. The molecule has 0 aliphatic heterocycles. The van der Waals surface area contributed by atoms with E-state index in [0.29, 0.717) is 11.1 Å². The van der Waals surface area contributed by atoms with Crippen LogP contribution < -0.4 is 10.9 Å². The molecule has 0 fully saturated rings. The van der Waals surface area contributed by atoms with Crippen LogP contribution in [0.3, 0.4) is 0 Å². The molecule has 34 heavy (non-hydrogen) atoms. The van der Waals surface area contributed by atoms with E-state index >= 15 is 0 Å². The summed E-state index contributed by atoms with van der Waals surface area (Å²) in [5.74, 6) is -0.755. The zero-order chi connectivity index (χ0) is 24.8. The van der Waals surface area contributed by atoms with E-state index in [1.165, 1.54) is 11.3 Å². The molecule has 12 heteroatoms. The van der Waals surface area contributed by atoms with Crippen molar-refractivity contribution in [2.24, 2.45) is 0 Å². The first kappa shape index (κ1) is 24.0. The molecule has 1 amide bonds. The van der Waals surface area contributed by atoms with Crippen molar-refractivity contribution in [1.29, 1.82) is 0 Å². The molecule has 0 atom stereocenters. The molecule has 0 unspecified atom stereocenters. The van der Waals surface area contributed by atoms with Gasteiger partial charge in [-0.3, -0.25) is 14.3 Å². The SMILES string of the molecule is CC(C)(C)n1ncc2c(-c3cccs3)nn(CC(=O)Nc3cc(C(F)(F)F)ccc3Cl)c(=O)c21. The zero-order valence-corrected chi connectivity index (χ0v) is 19.8. The van der Waals surface area contributed by atoms with Crippen LogP contribution in [-0.4, -0.2) is 25.5 Å². The third kappa shape index (κ3) is 4.58. The molecule has 0 bridgehead atoms. The van der Waals surface area contributed by atoms with Gasteiger partial charge in [-0.1, -0.05) is 17.7 Å². The smallest absolute Gasteiger partial charge is 0.323 e. The largest absolute Gasteiger partial charge is 0.416 e. The monoisotopic (exact) mass is 509 g/mol. The summed E-state index contributed by atoms with van der Waals surface area (Å²) in [4.78, 5) is 26.8. The van der Waals surface area contributed by atoms with Gasteiger partial charge in [-0.2, -0.15) is 23.4 Å². The Morgan fingerprint density at radius 1 is 1.21 bits per heavy atom. The number of aromatic nitrogens is 4. The van der Waals surface area contributed by atoms with E-state index in [-0.39, 0.29) is 16.2 Å². The Kier molecular flexibility index (Phi) is 6.03.